The van der Waals surface area contributed by atoms with Gasteiger partial charge in [0, 0.05) is 11.1 Å². The smallest absolute Gasteiger partial charge is 0.407 e. The lowest BCUT2D eigenvalue weighted by Gasteiger charge is -2.19. The molecular formula is C17H23NO5. The lowest BCUT2D eigenvalue weighted by molar-refractivity contribution is 0.0520. The second kappa shape index (κ2) is 7.76. The summed E-state index contributed by atoms with van der Waals surface area (Å²) in [4.78, 5) is 34.5. The van der Waals surface area contributed by atoms with Crippen molar-refractivity contribution in [2.75, 3.05) is 13.2 Å². The van der Waals surface area contributed by atoms with E-state index in [1.807, 2.05) is 0 Å². The average molecular weight is 321 g/mol. The number of benzene rings is 1. The standard InChI is InChI=1S/C17H23NO5/c1-11(19)14-7-6-13(10-15(14)12(2)20)22-9-8-18-16(21)23-17(3,4)5/h6-7,10H,8-9H2,1-5H3,(H,18,21). The van der Waals surface area contributed by atoms with Crippen molar-refractivity contribution >= 4 is 17.7 Å². The van der Waals surface area contributed by atoms with Crippen LogP contribution in [0.2, 0.25) is 0 Å². The van der Waals surface area contributed by atoms with Gasteiger partial charge in [-0.2, -0.15) is 0 Å². The molecule has 1 N–H and O–H groups in total. The predicted octanol–water partition coefficient (Wildman–Crippen LogP) is 3.00. The third kappa shape index (κ3) is 6.50. The zero-order valence-electron chi connectivity index (χ0n) is 14.2. The Morgan fingerprint density at radius 1 is 1.04 bits per heavy atom. The second-order valence-electron chi connectivity index (χ2n) is 6.10. The maximum atomic E-state index is 11.6. The van der Waals surface area contributed by atoms with Gasteiger partial charge in [0.1, 0.15) is 18.0 Å². The topological polar surface area (TPSA) is 81.7 Å². The molecule has 0 saturated heterocycles. The molecule has 0 aliphatic carbocycles. The first-order valence-electron chi connectivity index (χ1n) is 7.36. The average Bonchev–Trinajstić information content (AvgIpc) is 2.41. The summed E-state index contributed by atoms with van der Waals surface area (Å²) in [5.41, 5.74) is 0.149. The Kier molecular flexibility index (Phi) is 6.30. The highest BCUT2D eigenvalue weighted by Gasteiger charge is 2.16. The van der Waals surface area contributed by atoms with Crippen molar-refractivity contribution in [2.24, 2.45) is 0 Å². The summed E-state index contributed by atoms with van der Waals surface area (Å²) in [5, 5.41) is 2.57. The van der Waals surface area contributed by atoms with Crippen LogP contribution in [0.4, 0.5) is 4.79 Å². The first kappa shape index (κ1) is 18.7. The molecular weight excluding hydrogens is 298 g/mol. The van der Waals surface area contributed by atoms with Gasteiger partial charge in [0.05, 0.1) is 6.54 Å². The lowest BCUT2D eigenvalue weighted by Crippen LogP contribution is -2.34. The number of hydrogen-bond acceptors (Lipinski definition) is 5. The van der Waals surface area contributed by atoms with Gasteiger partial charge in [-0.3, -0.25) is 9.59 Å². The molecule has 1 aromatic rings. The number of alkyl carbamates (subject to hydrolysis) is 1. The van der Waals surface area contributed by atoms with E-state index >= 15 is 0 Å². The van der Waals surface area contributed by atoms with Crippen molar-refractivity contribution in [2.45, 2.75) is 40.2 Å². The Labute approximate surface area is 136 Å². The first-order chi connectivity index (χ1) is 10.6. The number of ketones is 2. The summed E-state index contributed by atoms with van der Waals surface area (Å²) in [7, 11) is 0. The van der Waals surface area contributed by atoms with Gasteiger partial charge in [-0.1, -0.05) is 0 Å². The highest BCUT2D eigenvalue weighted by molar-refractivity contribution is 6.07. The van der Waals surface area contributed by atoms with Crippen LogP contribution in [0, 0.1) is 0 Å². The molecule has 0 radical (unpaired) electrons. The highest BCUT2D eigenvalue weighted by atomic mass is 16.6. The number of carbonyl (C=O) groups is 3. The molecule has 1 amide bonds. The van der Waals surface area contributed by atoms with Crippen molar-refractivity contribution in [1.29, 1.82) is 0 Å². The molecule has 6 nitrogen and oxygen atoms in total. The van der Waals surface area contributed by atoms with Crippen LogP contribution in [-0.2, 0) is 4.74 Å². The number of rotatable bonds is 6. The monoisotopic (exact) mass is 321 g/mol. The molecule has 0 aliphatic heterocycles. The summed E-state index contributed by atoms with van der Waals surface area (Å²) >= 11 is 0. The molecule has 0 aliphatic rings. The quantitative estimate of drug-likeness (QED) is 0.643. The molecule has 0 bridgehead atoms. The Morgan fingerprint density at radius 3 is 2.17 bits per heavy atom. The van der Waals surface area contributed by atoms with Crippen LogP contribution in [0.15, 0.2) is 18.2 Å². The summed E-state index contributed by atoms with van der Waals surface area (Å²) in [6.45, 7) is 8.63. The molecule has 1 aromatic carbocycles. The van der Waals surface area contributed by atoms with Crippen LogP contribution >= 0.6 is 0 Å². The molecule has 23 heavy (non-hydrogen) atoms. The van der Waals surface area contributed by atoms with Crippen molar-refractivity contribution in [1.82, 2.24) is 5.32 Å². The molecule has 0 atom stereocenters. The van der Waals surface area contributed by atoms with E-state index in [0.29, 0.717) is 16.9 Å². The maximum absolute atomic E-state index is 11.6. The van der Waals surface area contributed by atoms with Crippen LogP contribution in [0.25, 0.3) is 0 Å². The zero-order valence-corrected chi connectivity index (χ0v) is 14.2. The number of Topliss-reactive ketones (excluding diaryl/α,β-unsaturated/α-hetero) is 2. The Balaban J connectivity index is 2.56. The summed E-state index contributed by atoms with van der Waals surface area (Å²) < 4.78 is 10.6. The van der Waals surface area contributed by atoms with Crippen molar-refractivity contribution in [3.05, 3.63) is 29.3 Å². The third-order valence-electron chi connectivity index (χ3n) is 2.79. The van der Waals surface area contributed by atoms with Gasteiger partial charge < -0.3 is 14.8 Å². The largest absolute Gasteiger partial charge is 0.492 e. The van der Waals surface area contributed by atoms with Gasteiger partial charge in [0.15, 0.2) is 11.6 Å². The van der Waals surface area contributed by atoms with Crippen LogP contribution in [0.5, 0.6) is 5.75 Å². The Hall–Kier alpha value is -2.37. The van der Waals surface area contributed by atoms with E-state index in [9.17, 15) is 14.4 Å². The van der Waals surface area contributed by atoms with Gasteiger partial charge >= 0.3 is 6.09 Å². The Morgan fingerprint density at radius 2 is 1.65 bits per heavy atom. The minimum atomic E-state index is -0.552. The zero-order chi connectivity index (χ0) is 17.6. The van der Waals surface area contributed by atoms with Crippen LogP contribution in [0.1, 0.15) is 55.3 Å². The highest BCUT2D eigenvalue weighted by Crippen LogP contribution is 2.19. The minimum absolute atomic E-state index is 0.173. The van der Waals surface area contributed by atoms with E-state index in [4.69, 9.17) is 9.47 Å². The van der Waals surface area contributed by atoms with E-state index in [1.54, 1.807) is 32.9 Å². The molecule has 6 heteroatoms. The molecule has 0 unspecified atom stereocenters. The second-order valence-corrected chi connectivity index (χ2v) is 6.10. The van der Waals surface area contributed by atoms with E-state index in [2.05, 4.69) is 5.32 Å². The normalized spacial score (nSPS) is 10.8. The molecule has 0 fully saturated rings. The number of amides is 1. The van der Waals surface area contributed by atoms with Gasteiger partial charge in [-0.05, 0) is 52.8 Å². The molecule has 0 spiro atoms. The van der Waals surface area contributed by atoms with Gasteiger partial charge in [-0.15, -0.1) is 0 Å². The molecule has 0 heterocycles. The van der Waals surface area contributed by atoms with Crippen molar-refractivity contribution in [3.8, 4) is 5.75 Å². The minimum Gasteiger partial charge on any atom is -0.492 e. The molecule has 0 saturated carbocycles. The fourth-order valence-corrected chi connectivity index (χ4v) is 1.85. The molecule has 0 aromatic heterocycles. The van der Waals surface area contributed by atoms with Crippen LogP contribution in [0.3, 0.4) is 0 Å². The van der Waals surface area contributed by atoms with Crippen molar-refractivity contribution in [3.63, 3.8) is 0 Å². The summed E-state index contributed by atoms with van der Waals surface area (Å²) in [6.07, 6.45) is -0.516. The van der Waals surface area contributed by atoms with E-state index in [-0.39, 0.29) is 24.7 Å². The summed E-state index contributed by atoms with van der Waals surface area (Å²) in [6, 6.07) is 4.72. The molecule has 126 valence electrons. The van der Waals surface area contributed by atoms with Crippen LogP contribution < -0.4 is 10.1 Å². The number of nitrogens with one attached hydrogen (secondary N) is 1. The fraction of sp³-hybridized carbons (Fsp3) is 0.471. The van der Waals surface area contributed by atoms with Gasteiger partial charge in [-0.25, -0.2) is 4.79 Å². The SMILES string of the molecule is CC(=O)c1ccc(OCCNC(=O)OC(C)(C)C)cc1C(C)=O. The number of ether oxygens (including phenoxy) is 2. The van der Waals surface area contributed by atoms with Crippen LogP contribution in [-0.4, -0.2) is 36.4 Å². The lowest BCUT2D eigenvalue weighted by atomic mass is 10.0. The third-order valence-corrected chi connectivity index (χ3v) is 2.79. The number of hydrogen-bond donors (Lipinski definition) is 1. The maximum Gasteiger partial charge on any atom is 0.407 e. The fourth-order valence-electron chi connectivity index (χ4n) is 1.85. The van der Waals surface area contributed by atoms with E-state index in [1.165, 1.54) is 19.9 Å². The van der Waals surface area contributed by atoms with E-state index in [0.717, 1.165) is 0 Å². The summed E-state index contributed by atoms with van der Waals surface area (Å²) in [5.74, 6) is 0.0899. The number of carbonyl (C=O) groups excluding carboxylic acids is 3. The first-order valence-corrected chi connectivity index (χ1v) is 7.36. The Bertz CT molecular complexity index is 601. The van der Waals surface area contributed by atoms with E-state index < -0.39 is 11.7 Å². The van der Waals surface area contributed by atoms with Gasteiger partial charge in [0.2, 0.25) is 0 Å². The van der Waals surface area contributed by atoms with Gasteiger partial charge in [0.25, 0.3) is 0 Å². The predicted molar refractivity (Wildman–Crippen MR) is 86.2 cm³/mol. The van der Waals surface area contributed by atoms with Crippen molar-refractivity contribution < 1.29 is 23.9 Å². The molecule has 1 rings (SSSR count).